The van der Waals surface area contributed by atoms with Crippen LogP contribution in [-0.2, 0) is 11.2 Å². The van der Waals surface area contributed by atoms with E-state index >= 15 is 0 Å². The lowest BCUT2D eigenvalue weighted by molar-refractivity contribution is -0.198. The van der Waals surface area contributed by atoms with Gasteiger partial charge in [-0.1, -0.05) is 60.1 Å². The fraction of sp³-hybridized carbons (Fsp3) is 0.129. The Hall–Kier alpha value is -4.45. The second-order valence-electron chi connectivity index (χ2n) is 9.77. The number of furan rings is 1. The van der Waals surface area contributed by atoms with Gasteiger partial charge in [-0.15, -0.1) is 11.3 Å². The van der Waals surface area contributed by atoms with Gasteiger partial charge in [-0.05, 0) is 41.3 Å². The summed E-state index contributed by atoms with van der Waals surface area (Å²) in [7, 11) is 0. The number of carboxylic acid groups (broad SMARTS) is 1. The normalized spacial score (nSPS) is 13.3. The van der Waals surface area contributed by atoms with Crippen molar-refractivity contribution in [2.45, 2.75) is 24.7 Å². The van der Waals surface area contributed by atoms with Gasteiger partial charge in [0.25, 0.3) is 0 Å². The van der Waals surface area contributed by atoms with Crippen LogP contribution in [0.25, 0.3) is 43.4 Å². The predicted molar refractivity (Wildman–Crippen MR) is 158 cm³/mol. The van der Waals surface area contributed by atoms with Crippen LogP contribution < -0.4 is 10.5 Å². The zero-order valence-electron chi connectivity index (χ0n) is 22.0. The molecule has 12 heteroatoms. The van der Waals surface area contributed by atoms with Crippen molar-refractivity contribution in [2.75, 3.05) is 0 Å². The molecule has 0 amide bonds. The van der Waals surface area contributed by atoms with Crippen molar-refractivity contribution in [3.63, 3.8) is 0 Å². The number of nitrogens with two attached hydrogens (primary N) is 1. The smallest absolute Gasteiger partial charge is 0.429 e. The first kappa shape index (κ1) is 28.7. The highest BCUT2D eigenvalue weighted by molar-refractivity contribution is 7.18. The van der Waals surface area contributed by atoms with Gasteiger partial charge < -0.3 is 20.0 Å². The zero-order valence-corrected chi connectivity index (χ0v) is 23.6. The second kappa shape index (κ2) is 11.3. The molecule has 3 aromatic carbocycles. The zero-order chi connectivity index (χ0) is 30.3. The molecule has 0 radical (unpaired) electrons. The summed E-state index contributed by atoms with van der Waals surface area (Å²) in [6.45, 7) is 0. The van der Waals surface area contributed by atoms with Gasteiger partial charge in [-0.2, -0.15) is 13.2 Å². The maximum atomic E-state index is 14.7. The third-order valence-corrected chi connectivity index (χ3v) is 8.15. The largest absolute Gasteiger partial charge is 0.480 e. The van der Waals surface area contributed by atoms with Gasteiger partial charge in [-0.25, -0.2) is 9.97 Å². The molecule has 0 aliphatic heterocycles. The van der Waals surface area contributed by atoms with Crippen LogP contribution in [0.3, 0.4) is 0 Å². The summed E-state index contributed by atoms with van der Waals surface area (Å²) in [5, 5.41) is 11.7. The van der Waals surface area contributed by atoms with Crippen LogP contribution in [0.4, 0.5) is 13.2 Å². The number of benzene rings is 3. The fourth-order valence-corrected chi connectivity index (χ4v) is 6.01. The highest BCUT2D eigenvalue weighted by Gasteiger charge is 2.45. The van der Waals surface area contributed by atoms with Crippen molar-refractivity contribution in [3.8, 4) is 28.1 Å². The summed E-state index contributed by atoms with van der Waals surface area (Å²) < 4.78 is 55.8. The van der Waals surface area contributed by atoms with Crippen molar-refractivity contribution in [1.82, 2.24) is 9.97 Å². The molecule has 43 heavy (non-hydrogen) atoms. The van der Waals surface area contributed by atoms with Crippen molar-refractivity contribution in [2.24, 2.45) is 5.73 Å². The molecular weight excluding hydrogens is 603 g/mol. The maximum Gasteiger partial charge on any atom is 0.429 e. The highest BCUT2D eigenvalue weighted by Crippen LogP contribution is 2.45. The number of thiophene rings is 1. The molecule has 3 N–H and O–H groups in total. The molecule has 3 heterocycles. The van der Waals surface area contributed by atoms with Gasteiger partial charge in [0.2, 0.25) is 12.0 Å². The first-order chi connectivity index (χ1) is 20.6. The van der Waals surface area contributed by atoms with E-state index in [1.807, 2.05) is 0 Å². The number of hydrogen-bond donors (Lipinski definition) is 2. The molecule has 6 rings (SSSR count). The number of ether oxygens (including phenoxy) is 1. The van der Waals surface area contributed by atoms with Crippen LogP contribution in [0, 0.1) is 0 Å². The predicted octanol–water partition coefficient (Wildman–Crippen LogP) is 8.06. The quantitative estimate of drug-likeness (QED) is 0.176. The number of fused-ring (bicyclic) bond motifs is 2. The molecule has 2 atom stereocenters. The molecule has 0 fully saturated rings. The first-order valence-electron chi connectivity index (χ1n) is 12.9. The third kappa shape index (κ3) is 5.66. The van der Waals surface area contributed by atoms with Crippen LogP contribution in [0.15, 0.2) is 89.1 Å². The lowest BCUT2D eigenvalue weighted by Crippen LogP contribution is -2.32. The molecule has 0 spiro atoms. The Balaban J connectivity index is 1.38. The summed E-state index contributed by atoms with van der Waals surface area (Å²) >= 11 is 7.40. The Morgan fingerprint density at radius 1 is 1.05 bits per heavy atom. The van der Waals surface area contributed by atoms with Gasteiger partial charge in [0, 0.05) is 32.5 Å². The Morgan fingerprint density at radius 3 is 2.56 bits per heavy atom. The molecule has 0 bridgehead atoms. The first-order valence-corrected chi connectivity index (χ1v) is 14.1. The molecule has 0 aliphatic carbocycles. The molecule has 0 saturated heterocycles. The summed E-state index contributed by atoms with van der Waals surface area (Å²) in [5.41, 5.74) is 9.23. The molecule has 2 unspecified atom stereocenters. The number of carboxylic acids is 1. The molecule has 6 aromatic rings. The van der Waals surface area contributed by atoms with Crippen LogP contribution >= 0.6 is 22.9 Å². The summed E-state index contributed by atoms with van der Waals surface area (Å²) in [6, 6.07) is 17.2. The number of para-hydroxylation sites is 1. The topological polar surface area (TPSA) is 111 Å². The SMILES string of the molecule is NC(Cc1ccc(-c2csc3c(OC(c4ccc(Cl)cc4-c4coc5ccccc45)C(F)(F)F)ncnc23)cc1)C(=O)O. The number of rotatable bonds is 8. The Bertz CT molecular complexity index is 1960. The molecule has 3 aromatic heterocycles. The second-order valence-corrected chi connectivity index (χ2v) is 11.1. The van der Waals surface area contributed by atoms with E-state index in [0.717, 1.165) is 28.8 Å². The lowest BCUT2D eigenvalue weighted by atomic mass is 9.95. The standard InChI is InChI=1S/C31H21ClF3N3O4S/c32-18-9-10-20(21(12-18)22-13-41-25-4-2-1-3-19(22)25)28(31(33,34)35)42-29-27-26(37-15-38-29)23(14-43-27)17-7-5-16(6-8-17)11-24(36)30(39)40/h1-10,12-15,24,28H,11,36H2,(H,39,40). The molecule has 7 nitrogen and oxygen atoms in total. The van der Waals surface area contributed by atoms with E-state index in [1.54, 1.807) is 53.9 Å². The minimum Gasteiger partial charge on any atom is -0.480 e. The van der Waals surface area contributed by atoms with E-state index < -0.39 is 24.3 Å². The lowest BCUT2D eigenvalue weighted by Gasteiger charge is -2.24. The van der Waals surface area contributed by atoms with E-state index in [4.69, 9.17) is 31.6 Å². The fourth-order valence-electron chi connectivity index (χ4n) is 4.87. The van der Waals surface area contributed by atoms with Gasteiger partial charge in [0.15, 0.2) is 0 Å². The number of aromatic nitrogens is 2. The molecule has 0 aliphatic rings. The van der Waals surface area contributed by atoms with Gasteiger partial charge >= 0.3 is 12.1 Å². The van der Waals surface area contributed by atoms with Crippen LogP contribution in [0.1, 0.15) is 17.2 Å². The minimum atomic E-state index is -4.81. The number of alkyl halides is 3. The number of hydrogen-bond acceptors (Lipinski definition) is 7. The number of carbonyl (C=O) groups is 1. The van der Waals surface area contributed by atoms with Crippen molar-refractivity contribution in [1.29, 1.82) is 0 Å². The van der Waals surface area contributed by atoms with Gasteiger partial charge in [-0.3, -0.25) is 4.79 Å². The van der Waals surface area contributed by atoms with Crippen LogP contribution in [-0.4, -0.2) is 33.3 Å². The number of aliphatic carboxylic acids is 1. The summed E-state index contributed by atoms with van der Waals surface area (Å²) in [5.74, 6) is -1.32. The average Bonchev–Trinajstić information content (AvgIpc) is 3.61. The monoisotopic (exact) mass is 623 g/mol. The maximum absolute atomic E-state index is 14.7. The summed E-state index contributed by atoms with van der Waals surface area (Å²) in [4.78, 5) is 19.5. The molecule has 218 valence electrons. The Kier molecular flexibility index (Phi) is 7.55. The van der Waals surface area contributed by atoms with Crippen molar-refractivity contribution >= 4 is 50.1 Å². The van der Waals surface area contributed by atoms with Crippen molar-refractivity contribution in [3.05, 3.63) is 101 Å². The van der Waals surface area contributed by atoms with Gasteiger partial charge in [0.05, 0.1) is 11.8 Å². The minimum absolute atomic E-state index is 0.151. The van der Waals surface area contributed by atoms with E-state index in [1.165, 1.54) is 24.5 Å². The van der Waals surface area contributed by atoms with E-state index in [2.05, 4.69) is 9.97 Å². The van der Waals surface area contributed by atoms with Crippen LogP contribution in [0.2, 0.25) is 5.02 Å². The van der Waals surface area contributed by atoms with E-state index in [9.17, 15) is 18.0 Å². The molecule has 0 saturated carbocycles. The number of halogens is 4. The van der Waals surface area contributed by atoms with E-state index in [-0.39, 0.29) is 28.5 Å². The average molecular weight is 624 g/mol. The Labute approximate surface area is 251 Å². The van der Waals surface area contributed by atoms with Crippen LogP contribution in [0.5, 0.6) is 5.88 Å². The number of nitrogens with zero attached hydrogens (tertiary/aromatic N) is 2. The summed E-state index contributed by atoms with van der Waals surface area (Å²) in [6.07, 6.45) is -4.47. The highest BCUT2D eigenvalue weighted by atomic mass is 35.5. The molecular formula is C31H21ClF3N3O4S. The van der Waals surface area contributed by atoms with Gasteiger partial charge in [0.1, 0.15) is 22.7 Å². The third-order valence-electron chi connectivity index (χ3n) is 6.95. The van der Waals surface area contributed by atoms with Crippen molar-refractivity contribution < 1.29 is 32.2 Å². The Morgan fingerprint density at radius 2 is 1.81 bits per heavy atom. The van der Waals surface area contributed by atoms with E-state index in [0.29, 0.717) is 32.3 Å².